The fourth-order valence-electron chi connectivity index (χ4n) is 1.19. The maximum absolute atomic E-state index is 13.5. The van der Waals surface area contributed by atoms with E-state index >= 15 is 0 Å². The van der Waals surface area contributed by atoms with Gasteiger partial charge in [-0.3, -0.25) is 0 Å². The quantitative estimate of drug-likeness (QED) is 0.402. The maximum atomic E-state index is 13.5. The predicted molar refractivity (Wildman–Crippen MR) is 90.6 cm³/mol. The van der Waals surface area contributed by atoms with Crippen LogP contribution in [0.3, 0.4) is 0 Å². The summed E-state index contributed by atoms with van der Waals surface area (Å²) in [5.41, 5.74) is 6.13. The summed E-state index contributed by atoms with van der Waals surface area (Å²) in [6.45, 7) is 5.51. The van der Waals surface area contributed by atoms with E-state index in [1.54, 1.807) is 13.0 Å². The lowest BCUT2D eigenvalue weighted by molar-refractivity contribution is 0.251. The molecule has 1 aromatic rings. The number of allylic oxidation sites excluding steroid dienone is 3. The molecule has 0 amide bonds. The minimum Gasteiger partial charge on any atom is -0.467 e. The van der Waals surface area contributed by atoms with Crippen LogP contribution < -0.4 is 10.5 Å². The average Bonchev–Trinajstić information content (AvgIpc) is 2.40. The van der Waals surface area contributed by atoms with Gasteiger partial charge in [-0.2, -0.15) is 0 Å². The Morgan fingerprint density at radius 2 is 2.40 bits per heavy atom. The Labute approximate surface area is 139 Å². The molecular formula is C13H14BrFIN3O. The summed E-state index contributed by atoms with van der Waals surface area (Å²) in [5.74, 6) is -0.0258. The molecule has 1 rings (SSSR count). The van der Waals surface area contributed by atoms with Gasteiger partial charge in [-0.05, 0) is 40.6 Å². The van der Waals surface area contributed by atoms with E-state index in [9.17, 15) is 4.39 Å². The zero-order valence-electron chi connectivity index (χ0n) is 10.8. The molecule has 1 aromatic heterocycles. The normalized spacial score (nSPS) is 13.5. The highest BCUT2D eigenvalue weighted by Crippen LogP contribution is 2.21. The van der Waals surface area contributed by atoms with Crippen LogP contribution in [0.4, 0.5) is 10.2 Å². The number of alkyl halides is 1. The molecule has 0 spiro atoms. The van der Waals surface area contributed by atoms with Crippen LogP contribution in [0, 0.1) is 0 Å². The lowest BCUT2D eigenvalue weighted by Gasteiger charge is -2.15. The second-order valence-corrected chi connectivity index (χ2v) is 5.50. The molecule has 7 heteroatoms. The average molecular weight is 454 g/mol. The number of halogens is 3. The molecule has 0 aliphatic carbocycles. The molecule has 0 saturated carbocycles. The van der Waals surface area contributed by atoms with Gasteiger partial charge < -0.3 is 10.5 Å². The first kappa shape index (κ1) is 17.1. The predicted octanol–water partition coefficient (Wildman–Crippen LogP) is 3.99. The van der Waals surface area contributed by atoms with Crippen LogP contribution in [0.5, 0.6) is 5.88 Å². The molecule has 0 fully saturated rings. The third kappa shape index (κ3) is 5.58. The summed E-state index contributed by atoms with van der Waals surface area (Å²) >= 11 is 5.31. The number of nitrogens with zero attached hydrogens (tertiary/aromatic N) is 2. The minimum absolute atomic E-state index is 0.169. The maximum Gasteiger partial charge on any atom is 0.258 e. The highest BCUT2D eigenvalue weighted by molar-refractivity contribution is 14.1. The van der Waals surface area contributed by atoms with Gasteiger partial charge in [0, 0.05) is 4.43 Å². The summed E-state index contributed by atoms with van der Waals surface area (Å²) in [5, 5.41) is 0. The first-order valence-electron chi connectivity index (χ1n) is 5.67. The van der Waals surface area contributed by atoms with Gasteiger partial charge in [0.15, 0.2) is 5.82 Å². The standard InChI is InChI=1S/C13H14BrFIN3O/c1-8(6-10(15)4-3-5-16)9(2)20-13-12(17)18-7-11(14)19-13/h3-4,6-7,9H,1,5H2,2H3,(H2,17,18)/b4-3-,10-6+/t9-/m1/s1. The largest absolute Gasteiger partial charge is 0.467 e. The molecule has 20 heavy (non-hydrogen) atoms. The van der Waals surface area contributed by atoms with Crippen molar-refractivity contribution in [2.75, 3.05) is 10.2 Å². The SMILES string of the molecule is C=C(/C=C(F)\C=C/CI)[C@@H](C)Oc1nc(Br)cnc1N. The number of nitrogen functional groups attached to an aromatic ring is 1. The lowest BCUT2D eigenvalue weighted by Crippen LogP contribution is -2.15. The van der Waals surface area contributed by atoms with Crippen LogP contribution in [0.15, 0.2) is 47.0 Å². The van der Waals surface area contributed by atoms with Gasteiger partial charge in [-0.1, -0.05) is 35.2 Å². The van der Waals surface area contributed by atoms with E-state index < -0.39 is 6.10 Å². The molecule has 0 bridgehead atoms. The minimum atomic E-state index is -0.473. The molecular weight excluding hydrogens is 440 g/mol. The Morgan fingerprint density at radius 3 is 3.05 bits per heavy atom. The van der Waals surface area contributed by atoms with Crippen molar-refractivity contribution in [2.45, 2.75) is 13.0 Å². The van der Waals surface area contributed by atoms with Crippen molar-refractivity contribution in [3.63, 3.8) is 0 Å². The molecule has 0 aliphatic heterocycles. The fourth-order valence-corrected chi connectivity index (χ4v) is 1.71. The number of hydrogen-bond acceptors (Lipinski definition) is 4. The first-order chi connectivity index (χ1) is 9.43. The summed E-state index contributed by atoms with van der Waals surface area (Å²) in [6.07, 6.45) is 5.41. The number of hydrogen-bond donors (Lipinski definition) is 1. The van der Waals surface area contributed by atoms with Gasteiger partial charge in [0.2, 0.25) is 0 Å². The van der Waals surface area contributed by atoms with Gasteiger partial charge in [-0.15, -0.1) is 0 Å². The van der Waals surface area contributed by atoms with Crippen molar-refractivity contribution in [3.05, 3.63) is 47.0 Å². The van der Waals surface area contributed by atoms with Crippen LogP contribution in [0.2, 0.25) is 0 Å². The van der Waals surface area contributed by atoms with Crippen molar-refractivity contribution in [1.82, 2.24) is 9.97 Å². The van der Waals surface area contributed by atoms with Crippen LogP contribution in [0.1, 0.15) is 6.92 Å². The van der Waals surface area contributed by atoms with Crippen molar-refractivity contribution >= 4 is 44.3 Å². The first-order valence-corrected chi connectivity index (χ1v) is 7.99. The lowest BCUT2D eigenvalue weighted by atomic mass is 10.1. The smallest absolute Gasteiger partial charge is 0.258 e. The molecule has 4 nitrogen and oxygen atoms in total. The Bertz CT molecular complexity index is 548. The van der Waals surface area contributed by atoms with Gasteiger partial charge in [0.1, 0.15) is 16.5 Å². The second kappa shape index (κ2) is 8.35. The van der Waals surface area contributed by atoms with E-state index in [-0.39, 0.29) is 17.5 Å². The second-order valence-electron chi connectivity index (χ2n) is 3.80. The number of rotatable bonds is 6. The Balaban J connectivity index is 2.75. The Kier molecular flexibility index (Phi) is 7.14. The number of nitrogens with two attached hydrogens (primary N) is 1. The molecule has 0 radical (unpaired) electrons. The van der Waals surface area contributed by atoms with Gasteiger partial charge in [0.05, 0.1) is 6.20 Å². The molecule has 0 saturated heterocycles. The van der Waals surface area contributed by atoms with Gasteiger partial charge >= 0.3 is 0 Å². The van der Waals surface area contributed by atoms with Gasteiger partial charge in [0.25, 0.3) is 5.88 Å². The van der Waals surface area contributed by atoms with E-state index in [2.05, 4.69) is 55.1 Å². The highest BCUT2D eigenvalue weighted by Gasteiger charge is 2.12. The fraction of sp³-hybridized carbons (Fsp3) is 0.231. The topological polar surface area (TPSA) is 61.0 Å². The van der Waals surface area contributed by atoms with Gasteiger partial charge in [-0.25, -0.2) is 14.4 Å². The third-order valence-corrected chi connectivity index (χ3v) is 3.13. The third-order valence-electron chi connectivity index (χ3n) is 2.24. The van der Waals surface area contributed by atoms with Crippen molar-refractivity contribution < 1.29 is 9.13 Å². The van der Waals surface area contributed by atoms with Crippen LogP contribution in [0.25, 0.3) is 0 Å². The summed E-state index contributed by atoms with van der Waals surface area (Å²) in [4.78, 5) is 7.96. The summed E-state index contributed by atoms with van der Waals surface area (Å²) < 4.78 is 20.2. The molecule has 0 unspecified atom stereocenters. The zero-order chi connectivity index (χ0) is 15.1. The summed E-state index contributed by atoms with van der Waals surface area (Å²) in [6, 6.07) is 0. The monoisotopic (exact) mass is 453 g/mol. The molecule has 108 valence electrons. The Morgan fingerprint density at radius 1 is 1.70 bits per heavy atom. The van der Waals surface area contributed by atoms with E-state index in [0.29, 0.717) is 10.2 Å². The number of anilines is 1. The van der Waals surface area contributed by atoms with Crippen molar-refractivity contribution in [2.24, 2.45) is 0 Å². The van der Waals surface area contributed by atoms with Crippen molar-refractivity contribution in [1.29, 1.82) is 0 Å². The molecule has 0 aliphatic rings. The molecule has 1 atom stereocenters. The van der Waals surface area contributed by atoms with E-state index in [1.165, 1.54) is 18.3 Å². The molecule has 2 N–H and O–H groups in total. The van der Waals surface area contributed by atoms with E-state index in [4.69, 9.17) is 10.5 Å². The Hall–Kier alpha value is -0.960. The van der Waals surface area contributed by atoms with Crippen LogP contribution in [-0.2, 0) is 0 Å². The molecule has 0 aromatic carbocycles. The van der Waals surface area contributed by atoms with E-state index in [0.717, 1.165) is 4.43 Å². The summed E-state index contributed by atoms with van der Waals surface area (Å²) in [7, 11) is 0. The zero-order valence-corrected chi connectivity index (χ0v) is 14.6. The highest BCUT2D eigenvalue weighted by atomic mass is 127. The van der Waals surface area contributed by atoms with Crippen molar-refractivity contribution in [3.8, 4) is 5.88 Å². The van der Waals surface area contributed by atoms with Crippen LogP contribution in [-0.4, -0.2) is 20.5 Å². The number of aromatic nitrogens is 2. The number of ether oxygens (including phenoxy) is 1. The van der Waals surface area contributed by atoms with Crippen LogP contribution >= 0.6 is 38.5 Å². The molecule has 1 heterocycles. The van der Waals surface area contributed by atoms with E-state index in [1.807, 2.05) is 0 Å².